The van der Waals surface area contributed by atoms with Gasteiger partial charge in [-0.2, -0.15) is 0 Å². The van der Waals surface area contributed by atoms with E-state index in [9.17, 15) is 0 Å². The van der Waals surface area contributed by atoms with Gasteiger partial charge in [-0.05, 0) is 83.0 Å². The Kier molecular flexibility index (Phi) is 6.69. The molecule has 5 aromatic rings. The van der Waals surface area contributed by atoms with Crippen molar-refractivity contribution in [1.82, 2.24) is 0 Å². The summed E-state index contributed by atoms with van der Waals surface area (Å²) < 4.78 is 6.70. The summed E-state index contributed by atoms with van der Waals surface area (Å²) in [6, 6.07) is 30.5. The summed E-state index contributed by atoms with van der Waals surface area (Å²) in [5.41, 5.74) is 31.3. The van der Waals surface area contributed by atoms with Crippen molar-refractivity contribution < 1.29 is 4.42 Å². The summed E-state index contributed by atoms with van der Waals surface area (Å²) in [5.74, 6) is 2.10. The molecule has 2 atom stereocenters. The Morgan fingerprint density at radius 2 is 1.69 bits per heavy atom. The first kappa shape index (κ1) is 28.8. The van der Waals surface area contributed by atoms with Crippen LogP contribution >= 0.6 is 0 Å². The first-order chi connectivity index (χ1) is 23.6. The van der Waals surface area contributed by atoms with E-state index in [0.717, 1.165) is 65.2 Å². The summed E-state index contributed by atoms with van der Waals surface area (Å²) in [6.07, 6.45) is 17.0. The van der Waals surface area contributed by atoms with Gasteiger partial charge in [0, 0.05) is 63.4 Å². The lowest BCUT2D eigenvalue weighted by atomic mass is 9.59. The predicted octanol–water partition coefficient (Wildman–Crippen LogP) is 9.71. The van der Waals surface area contributed by atoms with Crippen LogP contribution in [0.4, 0.5) is 0 Å². The normalized spacial score (nSPS) is 18.8. The average Bonchev–Trinajstić information content (AvgIpc) is 3.88. The Bertz CT molecular complexity index is 2340. The lowest BCUT2D eigenvalue weighted by molar-refractivity contribution is 0.406. The third-order valence-electron chi connectivity index (χ3n) is 11.1. The van der Waals surface area contributed by atoms with Crippen LogP contribution in [0.15, 0.2) is 137 Å². The number of nitrogens with two attached hydrogens (primary N) is 2. The van der Waals surface area contributed by atoms with Gasteiger partial charge in [-0.1, -0.05) is 103 Å². The standard InChI is InChI=1S/C45H38N2O/c1-28-34-16-7-5-12-29(34)25-38(42(28)36-18-9-10-20-40(36)47)31-22-23-33(24-31)45(27-46,32-14-3-2-4-15-32)39-26-30-13-6-8-17-35(30)44-43(39)37-19-11-21-41(37)48-44/h2-9,11-19,22-23,25,39H,10,20-21,26-27,46-47H2,1H3. The van der Waals surface area contributed by atoms with E-state index in [4.69, 9.17) is 15.9 Å². The lowest BCUT2D eigenvalue weighted by Crippen LogP contribution is -2.44. The van der Waals surface area contributed by atoms with E-state index in [1.54, 1.807) is 0 Å². The maximum atomic E-state index is 7.10. The zero-order chi connectivity index (χ0) is 32.4. The second-order valence-electron chi connectivity index (χ2n) is 13.6. The Morgan fingerprint density at radius 3 is 2.54 bits per heavy atom. The molecule has 0 amide bonds. The van der Waals surface area contributed by atoms with Crippen LogP contribution in [0.2, 0.25) is 0 Å². The molecule has 4 N–H and O–H groups in total. The average molecular weight is 623 g/mol. The van der Waals surface area contributed by atoms with Gasteiger partial charge in [0.25, 0.3) is 0 Å². The van der Waals surface area contributed by atoms with Gasteiger partial charge in [0.1, 0.15) is 11.5 Å². The van der Waals surface area contributed by atoms with Crippen molar-refractivity contribution in [2.45, 2.75) is 43.9 Å². The quantitative estimate of drug-likeness (QED) is 0.185. The van der Waals surface area contributed by atoms with Gasteiger partial charge in [0.2, 0.25) is 0 Å². The van der Waals surface area contributed by atoms with Gasteiger partial charge < -0.3 is 15.9 Å². The van der Waals surface area contributed by atoms with Crippen molar-refractivity contribution in [3.05, 3.63) is 177 Å². The van der Waals surface area contributed by atoms with Crippen LogP contribution in [0.5, 0.6) is 0 Å². The lowest BCUT2D eigenvalue weighted by Gasteiger charge is -2.43. The highest BCUT2D eigenvalue weighted by molar-refractivity contribution is 6.00. The minimum absolute atomic E-state index is 0.0500. The Hall–Kier alpha value is -5.34. The SMILES string of the molecule is Cc1c(C2=C(N)CCC=C2)c(C2=C=C(C(CN)(c3ccccc3)C3Cc4ccccc4-c4oc5c(c43)C=CC5)C=C2)cc2ccccc12. The Balaban J connectivity index is 1.32. The van der Waals surface area contributed by atoms with Crippen LogP contribution in [0.3, 0.4) is 0 Å². The van der Waals surface area contributed by atoms with Gasteiger partial charge in [-0.15, -0.1) is 5.73 Å². The van der Waals surface area contributed by atoms with E-state index >= 15 is 0 Å². The third kappa shape index (κ3) is 4.18. The maximum absolute atomic E-state index is 7.10. The molecule has 3 nitrogen and oxygen atoms in total. The number of benzene rings is 4. The summed E-state index contributed by atoms with van der Waals surface area (Å²) in [6.45, 7) is 2.66. The fourth-order valence-corrected chi connectivity index (χ4v) is 8.81. The minimum atomic E-state index is -0.551. The molecular weight excluding hydrogens is 585 g/mol. The molecule has 3 heteroatoms. The summed E-state index contributed by atoms with van der Waals surface area (Å²) in [4.78, 5) is 0. The van der Waals surface area contributed by atoms with Crippen molar-refractivity contribution in [2.24, 2.45) is 11.5 Å². The molecule has 0 fully saturated rings. The fraction of sp³-hybridized carbons (Fsp3) is 0.178. The fourth-order valence-electron chi connectivity index (χ4n) is 8.81. The number of aryl methyl sites for hydroxylation is 1. The number of allylic oxidation sites excluding steroid dienone is 7. The largest absolute Gasteiger partial charge is 0.460 e. The van der Waals surface area contributed by atoms with Gasteiger partial charge in [-0.3, -0.25) is 0 Å². The monoisotopic (exact) mass is 622 g/mol. The highest BCUT2D eigenvalue weighted by Crippen LogP contribution is 2.56. The van der Waals surface area contributed by atoms with Crippen LogP contribution in [0.1, 0.15) is 63.5 Å². The first-order valence-corrected chi connectivity index (χ1v) is 17.1. The van der Waals surface area contributed by atoms with E-state index in [2.05, 4.69) is 134 Å². The molecule has 48 heavy (non-hydrogen) atoms. The van der Waals surface area contributed by atoms with Gasteiger partial charge in [0.15, 0.2) is 0 Å². The topological polar surface area (TPSA) is 65.2 Å². The third-order valence-corrected chi connectivity index (χ3v) is 11.1. The van der Waals surface area contributed by atoms with Crippen LogP contribution in [0, 0.1) is 6.92 Å². The van der Waals surface area contributed by atoms with E-state index < -0.39 is 5.41 Å². The molecule has 0 bridgehead atoms. The zero-order valence-corrected chi connectivity index (χ0v) is 27.2. The second kappa shape index (κ2) is 11.1. The Morgan fingerprint density at radius 1 is 0.875 bits per heavy atom. The number of rotatable bonds is 6. The van der Waals surface area contributed by atoms with Crippen molar-refractivity contribution >= 4 is 28.0 Å². The van der Waals surface area contributed by atoms with Crippen LogP contribution < -0.4 is 11.5 Å². The molecule has 1 heterocycles. The molecule has 9 rings (SSSR count). The van der Waals surface area contributed by atoms with Crippen molar-refractivity contribution in [1.29, 1.82) is 0 Å². The van der Waals surface area contributed by atoms with Gasteiger partial charge >= 0.3 is 0 Å². The molecular formula is C45H38N2O. The molecule has 234 valence electrons. The van der Waals surface area contributed by atoms with E-state index in [-0.39, 0.29) is 5.92 Å². The summed E-state index contributed by atoms with van der Waals surface area (Å²) in [7, 11) is 0. The maximum Gasteiger partial charge on any atom is 0.138 e. The van der Waals surface area contributed by atoms with Gasteiger partial charge in [-0.25, -0.2) is 0 Å². The number of hydrogen-bond acceptors (Lipinski definition) is 3. The number of furan rings is 1. The van der Waals surface area contributed by atoms with E-state index in [0.29, 0.717) is 6.54 Å². The second-order valence-corrected chi connectivity index (χ2v) is 13.6. The van der Waals surface area contributed by atoms with Crippen molar-refractivity contribution in [3.8, 4) is 11.3 Å². The molecule has 0 saturated carbocycles. The van der Waals surface area contributed by atoms with Crippen LogP contribution in [-0.2, 0) is 18.3 Å². The summed E-state index contributed by atoms with van der Waals surface area (Å²) >= 11 is 0. The predicted molar refractivity (Wildman–Crippen MR) is 198 cm³/mol. The van der Waals surface area contributed by atoms with Crippen molar-refractivity contribution in [2.75, 3.05) is 6.54 Å². The first-order valence-electron chi connectivity index (χ1n) is 17.1. The Labute approximate surface area is 282 Å². The molecule has 0 aliphatic heterocycles. The molecule has 4 aliphatic rings. The number of hydrogen-bond donors (Lipinski definition) is 2. The van der Waals surface area contributed by atoms with Crippen LogP contribution in [-0.4, -0.2) is 6.54 Å². The molecule has 1 aromatic heterocycles. The number of fused-ring (bicyclic) bond motifs is 6. The van der Waals surface area contributed by atoms with E-state index in [1.807, 2.05) is 0 Å². The highest BCUT2D eigenvalue weighted by Gasteiger charge is 2.48. The minimum Gasteiger partial charge on any atom is -0.460 e. The highest BCUT2D eigenvalue weighted by atomic mass is 16.3. The zero-order valence-electron chi connectivity index (χ0n) is 27.2. The molecule has 0 radical (unpaired) electrons. The molecule has 0 saturated heterocycles. The van der Waals surface area contributed by atoms with E-state index in [1.165, 1.54) is 49.7 Å². The molecule has 4 aliphatic carbocycles. The summed E-state index contributed by atoms with van der Waals surface area (Å²) in [5, 5.41) is 2.46. The van der Waals surface area contributed by atoms with Gasteiger partial charge in [0.05, 0.1) is 0 Å². The molecule has 2 unspecified atom stereocenters. The molecule has 0 spiro atoms. The van der Waals surface area contributed by atoms with Crippen LogP contribution in [0.25, 0.3) is 39.3 Å². The molecule has 4 aromatic carbocycles. The van der Waals surface area contributed by atoms with Crippen molar-refractivity contribution in [3.63, 3.8) is 0 Å². The smallest absolute Gasteiger partial charge is 0.138 e.